The Kier molecular flexibility index (Phi) is 6.70. The Morgan fingerprint density at radius 1 is 1.50 bits per heavy atom. The molecule has 4 nitrogen and oxygen atoms in total. The van der Waals surface area contributed by atoms with Gasteiger partial charge in [0.15, 0.2) is 0 Å². The number of nitrogens with one attached hydrogen (secondary N) is 1. The number of hydrogen-bond acceptors (Lipinski definition) is 3. The van der Waals surface area contributed by atoms with E-state index in [2.05, 4.69) is 5.32 Å². The molecule has 0 radical (unpaired) electrons. The average Bonchev–Trinajstić information content (AvgIpc) is 2.01. The van der Waals surface area contributed by atoms with Crippen molar-refractivity contribution in [3.8, 4) is 0 Å². The van der Waals surface area contributed by atoms with E-state index in [9.17, 15) is 4.79 Å². The van der Waals surface area contributed by atoms with Crippen molar-refractivity contribution in [1.82, 2.24) is 5.32 Å². The monoisotopic (exact) mass is 173 g/mol. The Labute approximate surface area is 73.7 Å². The van der Waals surface area contributed by atoms with Crippen molar-refractivity contribution in [1.29, 1.82) is 0 Å². The number of carbonyl (C=O) groups excluding carboxylic acids is 1. The van der Waals surface area contributed by atoms with Gasteiger partial charge >= 0.3 is 0 Å². The second-order valence-corrected chi connectivity index (χ2v) is 3.01. The Balaban J connectivity index is 3.21. The summed E-state index contributed by atoms with van der Waals surface area (Å²) in [7, 11) is 1.91. The summed E-state index contributed by atoms with van der Waals surface area (Å²) in [6.45, 7) is 0.976. The molecule has 0 aliphatic heterocycles. The molecular formula is C8H19N3O. The van der Waals surface area contributed by atoms with Crippen molar-refractivity contribution in [3.63, 3.8) is 0 Å². The van der Waals surface area contributed by atoms with Gasteiger partial charge in [0.25, 0.3) is 0 Å². The molecule has 0 saturated carbocycles. The molecule has 0 fully saturated rings. The van der Waals surface area contributed by atoms with Gasteiger partial charge in [0.1, 0.15) is 0 Å². The fourth-order valence-electron chi connectivity index (χ4n) is 1.01. The fourth-order valence-corrected chi connectivity index (χ4v) is 1.01. The van der Waals surface area contributed by atoms with Gasteiger partial charge in [0.05, 0.1) is 0 Å². The molecule has 12 heavy (non-hydrogen) atoms. The first kappa shape index (κ1) is 11.4. The third kappa shape index (κ3) is 7.50. The Hall–Kier alpha value is -0.610. The van der Waals surface area contributed by atoms with E-state index in [-0.39, 0.29) is 11.9 Å². The topological polar surface area (TPSA) is 81.1 Å². The van der Waals surface area contributed by atoms with E-state index in [0.29, 0.717) is 12.8 Å². The Morgan fingerprint density at radius 2 is 2.17 bits per heavy atom. The summed E-state index contributed by atoms with van der Waals surface area (Å²) in [5, 5.41) is 3.04. The summed E-state index contributed by atoms with van der Waals surface area (Å²) < 4.78 is 0. The third-order valence-electron chi connectivity index (χ3n) is 1.76. The highest BCUT2D eigenvalue weighted by molar-refractivity contribution is 5.73. The largest absolute Gasteiger partial charge is 0.370 e. The van der Waals surface area contributed by atoms with Crippen LogP contribution in [-0.4, -0.2) is 25.5 Å². The van der Waals surface area contributed by atoms with Crippen LogP contribution in [0.3, 0.4) is 0 Å². The molecular weight excluding hydrogens is 154 g/mol. The standard InChI is InChI=1S/C8H19N3O/c1-11-6-2-3-7(9)4-5-8(10)12/h7,11H,2-6,9H2,1H3,(H2,10,12). The lowest BCUT2D eigenvalue weighted by Gasteiger charge is -2.09. The zero-order chi connectivity index (χ0) is 9.40. The van der Waals surface area contributed by atoms with E-state index in [4.69, 9.17) is 11.5 Å². The first-order valence-electron chi connectivity index (χ1n) is 4.35. The number of amides is 1. The summed E-state index contributed by atoms with van der Waals surface area (Å²) in [6.07, 6.45) is 3.12. The van der Waals surface area contributed by atoms with Crippen molar-refractivity contribution >= 4 is 5.91 Å². The van der Waals surface area contributed by atoms with Gasteiger partial charge in [0.2, 0.25) is 5.91 Å². The van der Waals surface area contributed by atoms with Gasteiger partial charge in [0, 0.05) is 12.5 Å². The number of nitrogens with two attached hydrogens (primary N) is 2. The van der Waals surface area contributed by atoms with Crippen LogP contribution in [0.2, 0.25) is 0 Å². The van der Waals surface area contributed by atoms with Gasteiger partial charge in [-0.15, -0.1) is 0 Å². The minimum Gasteiger partial charge on any atom is -0.370 e. The van der Waals surface area contributed by atoms with Crippen LogP contribution in [-0.2, 0) is 4.79 Å². The molecule has 0 heterocycles. The van der Waals surface area contributed by atoms with Crippen LogP contribution in [0.4, 0.5) is 0 Å². The minimum absolute atomic E-state index is 0.117. The maximum atomic E-state index is 10.4. The lowest BCUT2D eigenvalue weighted by Crippen LogP contribution is -2.24. The summed E-state index contributed by atoms with van der Waals surface area (Å²) in [6, 6.07) is 0.117. The van der Waals surface area contributed by atoms with Crippen LogP contribution >= 0.6 is 0 Å². The highest BCUT2D eigenvalue weighted by atomic mass is 16.1. The van der Waals surface area contributed by atoms with Crippen molar-refractivity contribution in [3.05, 3.63) is 0 Å². The van der Waals surface area contributed by atoms with Gasteiger partial charge in [-0.05, 0) is 32.9 Å². The molecule has 1 atom stereocenters. The van der Waals surface area contributed by atoms with Crippen LogP contribution in [0.25, 0.3) is 0 Å². The van der Waals surface area contributed by atoms with Crippen molar-refractivity contribution in [2.45, 2.75) is 31.7 Å². The molecule has 1 amide bonds. The molecule has 0 spiro atoms. The number of hydrogen-bond donors (Lipinski definition) is 3. The zero-order valence-electron chi connectivity index (χ0n) is 7.68. The van der Waals surface area contributed by atoms with Gasteiger partial charge in [-0.2, -0.15) is 0 Å². The molecule has 0 aromatic heterocycles. The summed E-state index contributed by atoms with van der Waals surface area (Å²) in [4.78, 5) is 10.4. The molecule has 0 bridgehead atoms. The van der Waals surface area contributed by atoms with E-state index in [0.717, 1.165) is 19.4 Å². The molecule has 1 unspecified atom stereocenters. The molecule has 0 aliphatic rings. The molecule has 5 N–H and O–H groups in total. The highest BCUT2D eigenvalue weighted by Gasteiger charge is 2.03. The summed E-state index contributed by atoms with van der Waals surface area (Å²) in [5.41, 5.74) is 10.7. The zero-order valence-corrected chi connectivity index (χ0v) is 7.68. The molecule has 0 rings (SSSR count). The van der Waals surface area contributed by atoms with E-state index >= 15 is 0 Å². The van der Waals surface area contributed by atoms with Crippen LogP contribution in [0.1, 0.15) is 25.7 Å². The molecule has 0 saturated heterocycles. The number of carbonyl (C=O) groups is 1. The lowest BCUT2D eigenvalue weighted by atomic mass is 10.1. The van der Waals surface area contributed by atoms with Crippen LogP contribution < -0.4 is 16.8 Å². The highest BCUT2D eigenvalue weighted by Crippen LogP contribution is 2.00. The second-order valence-electron chi connectivity index (χ2n) is 3.01. The molecule has 0 aliphatic carbocycles. The SMILES string of the molecule is CNCCCC(N)CCC(N)=O. The predicted molar refractivity (Wildman–Crippen MR) is 49.6 cm³/mol. The molecule has 0 aromatic rings. The van der Waals surface area contributed by atoms with E-state index < -0.39 is 0 Å². The van der Waals surface area contributed by atoms with E-state index in [1.54, 1.807) is 0 Å². The van der Waals surface area contributed by atoms with Crippen molar-refractivity contribution < 1.29 is 4.79 Å². The lowest BCUT2D eigenvalue weighted by molar-refractivity contribution is -0.118. The smallest absolute Gasteiger partial charge is 0.217 e. The van der Waals surface area contributed by atoms with Crippen molar-refractivity contribution in [2.75, 3.05) is 13.6 Å². The van der Waals surface area contributed by atoms with Gasteiger partial charge in [-0.3, -0.25) is 4.79 Å². The first-order valence-corrected chi connectivity index (χ1v) is 4.35. The van der Waals surface area contributed by atoms with E-state index in [1.165, 1.54) is 0 Å². The number of primary amides is 1. The fraction of sp³-hybridized carbons (Fsp3) is 0.875. The molecule has 72 valence electrons. The van der Waals surface area contributed by atoms with Gasteiger partial charge in [-0.25, -0.2) is 0 Å². The Morgan fingerprint density at radius 3 is 2.67 bits per heavy atom. The third-order valence-corrected chi connectivity index (χ3v) is 1.76. The summed E-state index contributed by atoms with van der Waals surface area (Å²) in [5.74, 6) is -0.265. The predicted octanol–water partition coefficient (Wildman–Crippen LogP) is -0.421. The van der Waals surface area contributed by atoms with Crippen LogP contribution in [0.15, 0.2) is 0 Å². The molecule has 4 heteroatoms. The second kappa shape index (κ2) is 7.06. The normalized spacial score (nSPS) is 12.8. The van der Waals surface area contributed by atoms with E-state index in [1.807, 2.05) is 7.05 Å². The van der Waals surface area contributed by atoms with Gasteiger partial charge in [-0.1, -0.05) is 0 Å². The minimum atomic E-state index is -0.265. The first-order chi connectivity index (χ1) is 5.66. The van der Waals surface area contributed by atoms with Crippen LogP contribution in [0, 0.1) is 0 Å². The Bertz CT molecular complexity index is 127. The maximum Gasteiger partial charge on any atom is 0.217 e. The quantitative estimate of drug-likeness (QED) is 0.457. The van der Waals surface area contributed by atoms with Crippen molar-refractivity contribution in [2.24, 2.45) is 11.5 Å². The molecule has 0 aromatic carbocycles. The van der Waals surface area contributed by atoms with Crippen LogP contribution in [0.5, 0.6) is 0 Å². The van der Waals surface area contributed by atoms with Gasteiger partial charge < -0.3 is 16.8 Å². The maximum absolute atomic E-state index is 10.4. The average molecular weight is 173 g/mol. The summed E-state index contributed by atoms with van der Waals surface area (Å²) >= 11 is 0. The number of rotatable bonds is 7.